The number of likely N-dealkylation sites (tertiary alicyclic amines) is 1. The molecule has 0 saturated carbocycles. The van der Waals surface area contributed by atoms with Gasteiger partial charge in [0.15, 0.2) is 0 Å². The molecule has 1 fully saturated rings. The van der Waals surface area contributed by atoms with Crippen LogP contribution in [0.5, 0.6) is 0 Å². The molecule has 0 bridgehead atoms. The molecular formula is C13H27N. The van der Waals surface area contributed by atoms with E-state index < -0.39 is 0 Å². The van der Waals surface area contributed by atoms with Crippen LogP contribution in [0.15, 0.2) is 0 Å². The second kappa shape index (κ2) is 7.28. The first-order valence-corrected chi connectivity index (χ1v) is 6.62. The summed E-state index contributed by atoms with van der Waals surface area (Å²) in [6.45, 7) is 7.30. The Morgan fingerprint density at radius 2 is 1.93 bits per heavy atom. The minimum Gasteiger partial charge on any atom is -0.300 e. The maximum Gasteiger partial charge on any atom is 0.00952 e. The Kier molecular flexibility index (Phi) is 6.25. The fourth-order valence-electron chi connectivity index (χ4n) is 2.60. The van der Waals surface area contributed by atoms with Crippen molar-refractivity contribution >= 4 is 0 Å². The van der Waals surface area contributed by atoms with Gasteiger partial charge in [-0.3, -0.25) is 0 Å². The number of unbranched alkanes of at least 4 members (excludes halogenated alkanes) is 2. The Hall–Kier alpha value is -0.0400. The lowest BCUT2D eigenvalue weighted by Crippen LogP contribution is -2.39. The number of nitrogens with zero attached hydrogens (tertiary/aromatic N) is 1. The number of piperidine rings is 1. The highest BCUT2D eigenvalue weighted by atomic mass is 15.2. The van der Waals surface area contributed by atoms with Crippen LogP contribution in [-0.4, -0.2) is 24.0 Å². The second-order valence-electron chi connectivity index (χ2n) is 4.68. The van der Waals surface area contributed by atoms with Gasteiger partial charge < -0.3 is 4.90 Å². The smallest absolute Gasteiger partial charge is 0.00952 e. The topological polar surface area (TPSA) is 3.24 Å². The molecule has 0 aromatic rings. The summed E-state index contributed by atoms with van der Waals surface area (Å²) >= 11 is 0. The van der Waals surface area contributed by atoms with E-state index in [0.29, 0.717) is 0 Å². The summed E-state index contributed by atoms with van der Waals surface area (Å²) in [5, 5.41) is 0. The van der Waals surface area contributed by atoms with Crippen LogP contribution in [-0.2, 0) is 0 Å². The van der Waals surface area contributed by atoms with Gasteiger partial charge in [-0.15, -0.1) is 0 Å². The van der Waals surface area contributed by atoms with Crippen LogP contribution in [0.1, 0.15) is 65.2 Å². The minimum absolute atomic E-state index is 0.926. The van der Waals surface area contributed by atoms with E-state index in [-0.39, 0.29) is 0 Å². The van der Waals surface area contributed by atoms with Gasteiger partial charge in [0.05, 0.1) is 0 Å². The molecule has 1 rings (SSSR count). The summed E-state index contributed by atoms with van der Waals surface area (Å²) in [4.78, 5) is 2.74. The molecule has 1 aliphatic rings. The molecule has 1 unspecified atom stereocenters. The highest BCUT2D eigenvalue weighted by Crippen LogP contribution is 2.21. The number of hydrogen-bond donors (Lipinski definition) is 0. The maximum atomic E-state index is 2.74. The zero-order chi connectivity index (χ0) is 10.2. The fraction of sp³-hybridized carbons (Fsp3) is 1.00. The van der Waals surface area contributed by atoms with Crippen molar-refractivity contribution in [1.82, 2.24) is 4.90 Å². The monoisotopic (exact) mass is 197 g/mol. The van der Waals surface area contributed by atoms with E-state index in [1.54, 1.807) is 0 Å². The van der Waals surface area contributed by atoms with Crippen LogP contribution in [0, 0.1) is 0 Å². The van der Waals surface area contributed by atoms with Crippen molar-refractivity contribution in [2.75, 3.05) is 13.1 Å². The lowest BCUT2D eigenvalue weighted by Gasteiger charge is -2.35. The molecule has 14 heavy (non-hydrogen) atoms. The molecule has 1 saturated heterocycles. The quantitative estimate of drug-likeness (QED) is 0.585. The summed E-state index contributed by atoms with van der Waals surface area (Å²) in [7, 11) is 0. The summed E-state index contributed by atoms with van der Waals surface area (Å²) in [6, 6.07) is 0.926. The van der Waals surface area contributed by atoms with Gasteiger partial charge in [0.25, 0.3) is 0 Å². The molecule has 0 aromatic heterocycles. The van der Waals surface area contributed by atoms with Gasteiger partial charge in [0.2, 0.25) is 0 Å². The first-order valence-electron chi connectivity index (χ1n) is 6.62. The van der Waals surface area contributed by atoms with E-state index in [1.807, 2.05) is 0 Å². The highest BCUT2D eigenvalue weighted by molar-refractivity contribution is 4.76. The minimum atomic E-state index is 0.926. The third kappa shape index (κ3) is 4.00. The third-order valence-electron chi connectivity index (χ3n) is 3.40. The molecule has 0 spiro atoms. The van der Waals surface area contributed by atoms with Crippen molar-refractivity contribution in [1.29, 1.82) is 0 Å². The van der Waals surface area contributed by atoms with E-state index in [4.69, 9.17) is 0 Å². The van der Waals surface area contributed by atoms with Crippen LogP contribution in [0.25, 0.3) is 0 Å². The largest absolute Gasteiger partial charge is 0.300 e. The van der Waals surface area contributed by atoms with Crippen molar-refractivity contribution < 1.29 is 0 Å². The molecule has 1 heteroatoms. The van der Waals surface area contributed by atoms with Gasteiger partial charge >= 0.3 is 0 Å². The molecule has 1 heterocycles. The predicted molar refractivity (Wildman–Crippen MR) is 63.6 cm³/mol. The Labute approximate surface area is 89.9 Å². The van der Waals surface area contributed by atoms with Gasteiger partial charge in [-0.25, -0.2) is 0 Å². The fourth-order valence-corrected chi connectivity index (χ4v) is 2.60. The van der Waals surface area contributed by atoms with E-state index in [0.717, 1.165) is 6.04 Å². The highest BCUT2D eigenvalue weighted by Gasteiger charge is 2.20. The molecule has 0 aliphatic carbocycles. The molecule has 0 aromatic carbocycles. The summed E-state index contributed by atoms with van der Waals surface area (Å²) in [5.41, 5.74) is 0. The van der Waals surface area contributed by atoms with Gasteiger partial charge in [-0.1, -0.05) is 39.5 Å². The average Bonchev–Trinajstić information content (AvgIpc) is 2.21. The first-order chi connectivity index (χ1) is 6.88. The zero-order valence-corrected chi connectivity index (χ0v) is 10.1. The van der Waals surface area contributed by atoms with Crippen molar-refractivity contribution in [3.05, 3.63) is 0 Å². The maximum absolute atomic E-state index is 2.74. The summed E-state index contributed by atoms with van der Waals surface area (Å²) < 4.78 is 0. The van der Waals surface area contributed by atoms with Crippen molar-refractivity contribution in [2.45, 2.75) is 71.3 Å². The van der Waals surface area contributed by atoms with Crippen LogP contribution in [0.3, 0.4) is 0 Å². The molecule has 0 N–H and O–H groups in total. The Bertz CT molecular complexity index is 131. The van der Waals surface area contributed by atoms with E-state index in [1.165, 1.54) is 64.5 Å². The Morgan fingerprint density at radius 1 is 1.07 bits per heavy atom. The second-order valence-corrected chi connectivity index (χ2v) is 4.68. The van der Waals surface area contributed by atoms with Gasteiger partial charge in [0.1, 0.15) is 0 Å². The van der Waals surface area contributed by atoms with Crippen LogP contribution >= 0.6 is 0 Å². The molecule has 1 nitrogen and oxygen atoms in total. The van der Waals surface area contributed by atoms with Crippen molar-refractivity contribution in [2.24, 2.45) is 0 Å². The Balaban J connectivity index is 2.22. The SMILES string of the molecule is CCCCCC1CCCCN1CCC. The van der Waals surface area contributed by atoms with Crippen molar-refractivity contribution in [3.63, 3.8) is 0 Å². The third-order valence-corrected chi connectivity index (χ3v) is 3.40. The Morgan fingerprint density at radius 3 is 2.64 bits per heavy atom. The first kappa shape index (κ1) is 12.0. The van der Waals surface area contributed by atoms with E-state index >= 15 is 0 Å². The van der Waals surface area contributed by atoms with Crippen LogP contribution < -0.4 is 0 Å². The molecular weight excluding hydrogens is 170 g/mol. The standard InChI is InChI=1S/C13H27N/c1-3-5-6-9-13-10-7-8-12-14(13)11-4-2/h13H,3-12H2,1-2H3. The lowest BCUT2D eigenvalue weighted by atomic mass is 9.97. The number of rotatable bonds is 6. The van der Waals surface area contributed by atoms with Gasteiger partial charge in [-0.05, 0) is 38.8 Å². The van der Waals surface area contributed by atoms with Crippen LogP contribution in [0.2, 0.25) is 0 Å². The predicted octanol–water partition coefficient (Wildman–Crippen LogP) is 3.83. The molecule has 1 atom stereocenters. The van der Waals surface area contributed by atoms with Crippen LogP contribution in [0.4, 0.5) is 0 Å². The van der Waals surface area contributed by atoms with E-state index in [2.05, 4.69) is 18.7 Å². The summed E-state index contributed by atoms with van der Waals surface area (Å²) in [5.74, 6) is 0. The molecule has 84 valence electrons. The molecule has 1 aliphatic heterocycles. The molecule has 0 radical (unpaired) electrons. The van der Waals surface area contributed by atoms with Gasteiger partial charge in [0, 0.05) is 6.04 Å². The van der Waals surface area contributed by atoms with Gasteiger partial charge in [-0.2, -0.15) is 0 Å². The number of hydrogen-bond acceptors (Lipinski definition) is 1. The normalized spacial score (nSPS) is 24.0. The van der Waals surface area contributed by atoms with Crippen molar-refractivity contribution in [3.8, 4) is 0 Å². The molecule has 0 amide bonds. The zero-order valence-electron chi connectivity index (χ0n) is 10.1. The van der Waals surface area contributed by atoms with E-state index in [9.17, 15) is 0 Å². The lowest BCUT2D eigenvalue weighted by molar-refractivity contribution is 0.138. The average molecular weight is 197 g/mol. The summed E-state index contributed by atoms with van der Waals surface area (Å²) in [6.07, 6.45) is 11.4.